The summed E-state index contributed by atoms with van der Waals surface area (Å²) in [7, 11) is 1.99. The number of hydrogen-bond acceptors (Lipinski definition) is 3. The van der Waals surface area contributed by atoms with Crippen molar-refractivity contribution < 1.29 is 18.8 Å². The van der Waals surface area contributed by atoms with E-state index in [2.05, 4.69) is 21.2 Å². The molecular formula is C19H24BrN2O3+. The van der Waals surface area contributed by atoms with E-state index in [-0.39, 0.29) is 12.0 Å². The molecule has 3 rings (SSSR count). The lowest BCUT2D eigenvalue weighted by Crippen LogP contribution is -3.08. The molecule has 1 saturated heterocycles. The Morgan fingerprint density at radius 1 is 1.28 bits per heavy atom. The number of likely N-dealkylation sites (N-methyl/N-ethyl adjacent to an activating group) is 1. The Hall–Kier alpha value is -1.63. The lowest BCUT2D eigenvalue weighted by molar-refractivity contribution is -0.886. The topological polar surface area (TPSA) is 55.9 Å². The highest BCUT2D eigenvalue weighted by atomic mass is 79.9. The maximum absolute atomic E-state index is 12.0. The van der Waals surface area contributed by atoms with Gasteiger partial charge in [-0.25, -0.2) is 0 Å². The van der Waals surface area contributed by atoms with Crippen molar-refractivity contribution in [2.45, 2.75) is 25.5 Å². The second kappa shape index (κ2) is 8.65. The van der Waals surface area contributed by atoms with Crippen molar-refractivity contribution in [3.63, 3.8) is 0 Å². The third-order valence-electron chi connectivity index (χ3n) is 4.28. The molecule has 1 fully saturated rings. The van der Waals surface area contributed by atoms with Crippen LogP contribution in [0.1, 0.15) is 18.6 Å². The molecule has 25 heavy (non-hydrogen) atoms. The fourth-order valence-electron chi connectivity index (χ4n) is 2.97. The number of carbonyl (C=O) groups is 1. The van der Waals surface area contributed by atoms with E-state index in [0.717, 1.165) is 45.9 Å². The predicted molar refractivity (Wildman–Crippen MR) is 99.3 cm³/mol. The van der Waals surface area contributed by atoms with E-state index in [1.165, 1.54) is 0 Å². The van der Waals surface area contributed by atoms with Gasteiger partial charge < -0.3 is 19.4 Å². The number of benzene rings is 1. The predicted octanol–water partition coefficient (Wildman–Crippen LogP) is 2.02. The van der Waals surface area contributed by atoms with Gasteiger partial charge in [-0.2, -0.15) is 0 Å². The molecule has 1 aliphatic rings. The number of rotatable bonds is 7. The lowest BCUT2D eigenvalue weighted by Gasteiger charge is -2.14. The van der Waals surface area contributed by atoms with E-state index >= 15 is 0 Å². The molecule has 1 aromatic heterocycles. The number of carbonyl (C=O) groups excluding carboxylic acids is 1. The van der Waals surface area contributed by atoms with Crippen LogP contribution < -0.4 is 10.2 Å². The van der Waals surface area contributed by atoms with Gasteiger partial charge in [-0.1, -0.05) is 28.1 Å². The molecule has 0 saturated carbocycles. The van der Waals surface area contributed by atoms with Crippen LogP contribution >= 0.6 is 15.9 Å². The Labute approximate surface area is 156 Å². The Morgan fingerprint density at radius 2 is 2.08 bits per heavy atom. The molecule has 0 bridgehead atoms. The van der Waals surface area contributed by atoms with Gasteiger partial charge in [0.2, 0.25) is 0 Å². The molecule has 6 heteroatoms. The molecule has 1 aromatic carbocycles. The van der Waals surface area contributed by atoms with E-state index in [1.54, 1.807) is 0 Å². The van der Waals surface area contributed by atoms with Crippen LogP contribution in [0.25, 0.3) is 11.3 Å². The summed E-state index contributed by atoms with van der Waals surface area (Å²) in [5.41, 5.74) is 1.04. The first kappa shape index (κ1) is 18.2. The van der Waals surface area contributed by atoms with Crippen molar-refractivity contribution in [2.75, 3.05) is 26.7 Å². The smallest absolute Gasteiger partial charge is 0.275 e. The van der Waals surface area contributed by atoms with E-state index in [0.29, 0.717) is 19.6 Å². The first-order valence-corrected chi connectivity index (χ1v) is 9.44. The van der Waals surface area contributed by atoms with Crippen molar-refractivity contribution in [3.05, 3.63) is 46.6 Å². The van der Waals surface area contributed by atoms with Crippen molar-refractivity contribution in [1.82, 2.24) is 5.32 Å². The first-order valence-electron chi connectivity index (χ1n) is 8.64. The van der Waals surface area contributed by atoms with Gasteiger partial charge in [-0.05, 0) is 37.1 Å². The summed E-state index contributed by atoms with van der Waals surface area (Å²) in [6, 6.07) is 12.0. The summed E-state index contributed by atoms with van der Waals surface area (Å²) in [6.45, 7) is 2.51. The van der Waals surface area contributed by atoms with Crippen molar-refractivity contribution in [3.8, 4) is 11.3 Å². The summed E-state index contributed by atoms with van der Waals surface area (Å²) in [5, 5.41) is 2.96. The van der Waals surface area contributed by atoms with Gasteiger partial charge in [0.05, 0.1) is 13.2 Å². The number of nitrogens with one attached hydrogen (secondary N) is 2. The standard InChI is InChI=1S/C19H23BrN2O3/c1-22(13-19(23)21-11-16-3-2-10-24-16)12-17-8-9-18(25-17)14-4-6-15(20)7-5-14/h4-9,16H,2-3,10-13H2,1H3,(H,21,23)/p+1/t16-/m0/s1. The van der Waals surface area contributed by atoms with Gasteiger partial charge in [0.25, 0.3) is 5.91 Å². The van der Waals surface area contributed by atoms with Gasteiger partial charge >= 0.3 is 0 Å². The quantitative estimate of drug-likeness (QED) is 0.737. The minimum Gasteiger partial charge on any atom is -0.455 e. The highest BCUT2D eigenvalue weighted by Crippen LogP contribution is 2.23. The van der Waals surface area contributed by atoms with Crippen molar-refractivity contribution in [2.24, 2.45) is 0 Å². The zero-order valence-electron chi connectivity index (χ0n) is 14.4. The van der Waals surface area contributed by atoms with Crippen LogP contribution in [-0.4, -0.2) is 38.8 Å². The van der Waals surface area contributed by atoms with E-state index in [9.17, 15) is 4.79 Å². The van der Waals surface area contributed by atoms with Gasteiger partial charge in [0.15, 0.2) is 12.3 Å². The van der Waals surface area contributed by atoms with E-state index in [1.807, 2.05) is 43.4 Å². The summed E-state index contributed by atoms with van der Waals surface area (Å²) in [4.78, 5) is 13.1. The summed E-state index contributed by atoms with van der Waals surface area (Å²) < 4.78 is 12.5. The van der Waals surface area contributed by atoms with Crippen LogP contribution in [0.3, 0.4) is 0 Å². The lowest BCUT2D eigenvalue weighted by atomic mass is 10.2. The maximum Gasteiger partial charge on any atom is 0.275 e. The molecule has 0 aliphatic carbocycles. The molecule has 2 atom stereocenters. The van der Waals surface area contributed by atoms with Gasteiger partial charge in [0.1, 0.15) is 12.3 Å². The van der Waals surface area contributed by atoms with Crippen LogP contribution in [0.4, 0.5) is 0 Å². The molecule has 2 N–H and O–H groups in total. The highest BCUT2D eigenvalue weighted by Gasteiger charge is 2.18. The SMILES string of the molecule is C[NH+](CC(=O)NC[C@@H]1CCCO1)Cc1ccc(-c2ccc(Br)cc2)o1. The average Bonchev–Trinajstić information content (AvgIpc) is 3.25. The minimum atomic E-state index is 0.0488. The van der Waals surface area contributed by atoms with Crippen molar-refractivity contribution >= 4 is 21.8 Å². The summed E-state index contributed by atoms with van der Waals surface area (Å²) in [6.07, 6.45) is 2.31. The van der Waals surface area contributed by atoms with Gasteiger partial charge in [-0.3, -0.25) is 4.79 Å². The fraction of sp³-hybridized carbons (Fsp3) is 0.421. The Morgan fingerprint density at radius 3 is 2.80 bits per heavy atom. The monoisotopic (exact) mass is 407 g/mol. The number of hydrogen-bond donors (Lipinski definition) is 2. The zero-order valence-corrected chi connectivity index (χ0v) is 16.0. The Kier molecular flexibility index (Phi) is 6.29. The fourth-order valence-corrected chi connectivity index (χ4v) is 3.24. The molecule has 0 radical (unpaired) electrons. The third kappa shape index (κ3) is 5.42. The Bertz CT molecular complexity index is 693. The van der Waals surface area contributed by atoms with Crippen LogP contribution in [-0.2, 0) is 16.1 Å². The number of furan rings is 1. The highest BCUT2D eigenvalue weighted by molar-refractivity contribution is 9.10. The van der Waals surface area contributed by atoms with Gasteiger partial charge in [0, 0.05) is 23.2 Å². The number of quaternary nitrogens is 1. The number of amides is 1. The molecule has 2 aromatic rings. The third-order valence-corrected chi connectivity index (χ3v) is 4.81. The van der Waals surface area contributed by atoms with Crippen LogP contribution in [0.15, 0.2) is 45.3 Å². The van der Waals surface area contributed by atoms with Crippen molar-refractivity contribution in [1.29, 1.82) is 0 Å². The molecule has 5 nitrogen and oxygen atoms in total. The van der Waals surface area contributed by atoms with Crippen LogP contribution in [0.2, 0.25) is 0 Å². The average molecular weight is 408 g/mol. The second-order valence-corrected chi connectivity index (χ2v) is 7.44. The van der Waals surface area contributed by atoms with E-state index < -0.39 is 0 Å². The molecule has 1 unspecified atom stereocenters. The minimum absolute atomic E-state index is 0.0488. The normalized spacial score (nSPS) is 18.2. The molecule has 1 aliphatic heterocycles. The molecule has 134 valence electrons. The molecule has 2 heterocycles. The van der Waals surface area contributed by atoms with E-state index in [4.69, 9.17) is 9.15 Å². The molecule has 1 amide bonds. The molecular weight excluding hydrogens is 384 g/mol. The molecule has 0 spiro atoms. The second-order valence-electron chi connectivity index (χ2n) is 6.52. The number of ether oxygens (including phenoxy) is 1. The van der Waals surface area contributed by atoms with Crippen LogP contribution in [0.5, 0.6) is 0 Å². The van der Waals surface area contributed by atoms with Gasteiger partial charge in [-0.15, -0.1) is 0 Å². The van der Waals surface area contributed by atoms with Crippen LogP contribution in [0, 0.1) is 0 Å². The Balaban J connectivity index is 1.46. The number of halogens is 1. The zero-order chi connectivity index (χ0) is 17.6. The maximum atomic E-state index is 12.0. The summed E-state index contributed by atoms with van der Waals surface area (Å²) >= 11 is 3.43. The summed E-state index contributed by atoms with van der Waals surface area (Å²) in [5.74, 6) is 1.77. The first-order chi connectivity index (χ1) is 12.1. The largest absolute Gasteiger partial charge is 0.455 e.